The van der Waals surface area contributed by atoms with Crippen LogP contribution in [0.5, 0.6) is 5.75 Å². The Kier molecular flexibility index (Phi) is 5.62. The predicted molar refractivity (Wildman–Crippen MR) is 87.7 cm³/mol. The summed E-state index contributed by atoms with van der Waals surface area (Å²) in [6.07, 6.45) is 0.205. The first-order valence-electron chi connectivity index (χ1n) is 7.90. The minimum Gasteiger partial charge on any atom is -0.491 e. The van der Waals surface area contributed by atoms with Crippen molar-refractivity contribution in [2.75, 3.05) is 33.2 Å². The van der Waals surface area contributed by atoms with Crippen LogP contribution in [0.25, 0.3) is 0 Å². The molecule has 2 unspecified atom stereocenters. The van der Waals surface area contributed by atoms with Gasteiger partial charge >= 0.3 is 0 Å². The van der Waals surface area contributed by atoms with Crippen molar-refractivity contribution < 1.29 is 4.74 Å². The SMILES string of the molecule is CC(C)Oc1ccc(C(N)CN2CCN(C)C(C)C2)cc1. The smallest absolute Gasteiger partial charge is 0.119 e. The van der Waals surface area contributed by atoms with E-state index >= 15 is 0 Å². The van der Waals surface area contributed by atoms with Gasteiger partial charge in [0.25, 0.3) is 0 Å². The molecule has 1 aromatic rings. The zero-order valence-corrected chi connectivity index (χ0v) is 13.7. The molecule has 0 radical (unpaired) electrons. The molecule has 21 heavy (non-hydrogen) atoms. The highest BCUT2D eigenvalue weighted by Crippen LogP contribution is 2.19. The zero-order chi connectivity index (χ0) is 15.4. The van der Waals surface area contributed by atoms with Crippen LogP contribution in [0.3, 0.4) is 0 Å². The van der Waals surface area contributed by atoms with Crippen LogP contribution < -0.4 is 10.5 Å². The number of hydrogen-bond acceptors (Lipinski definition) is 4. The van der Waals surface area contributed by atoms with E-state index in [1.54, 1.807) is 0 Å². The second-order valence-corrected chi connectivity index (χ2v) is 6.43. The molecule has 0 aromatic heterocycles. The van der Waals surface area contributed by atoms with E-state index in [4.69, 9.17) is 10.5 Å². The fourth-order valence-corrected chi connectivity index (χ4v) is 2.74. The summed E-state index contributed by atoms with van der Waals surface area (Å²) < 4.78 is 5.67. The van der Waals surface area contributed by atoms with Crippen LogP contribution in [0.15, 0.2) is 24.3 Å². The molecule has 0 aliphatic carbocycles. The Hall–Kier alpha value is -1.10. The topological polar surface area (TPSA) is 41.7 Å². The lowest BCUT2D eigenvalue weighted by molar-refractivity contribution is 0.100. The summed E-state index contributed by atoms with van der Waals surface area (Å²) in [5.74, 6) is 0.911. The standard InChI is InChI=1S/C17H29N3O/c1-13(2)21-16-7-5-15(6-8-16)17(18)12-20-10-9-19(4)14(3)11-20/h5-8,13-14,17H,9-12,18H2,1-4H3. The molecule has 0 amide bonds. The largest absolute Gasteiger partial charge is 0.491 e. The third-order valence-corrected chi connectivity index (χ3v) is 4.18. The molecule has 2 atom stereocenters. The number of piperazine rings is 1. The summed E-state index contributed by atoms with van der Waals surface area (Å²) in [7, 11) is 2.19. The molecule has 1 aliphatic heterocycles. The fourth-order valence-electron chi connectivity index (χ4n) is 2.74. The van der Waals surface area contributed by atoms with Crippen molar-refractivity contribution in [3.8, 4) is 5.75 Å². The number of rotatable bonds is 5. The maximum absolute atomic E-state index is 6.36. The molecular formula is C17H29N3O. The predicted octanol–water partition coefficient (Wildman–Crippen LogP) is 2.11. The van der Waals surface area contributed by atoms with Crippen LogP contribution >= 0.6 is 0 Å². The van der Waals surface area contributed by atoms with Crippen LogP contribution in [0.1, 0.15) is 32.4 Å². The van der Waals surface area contributed by atoms with Gasteiger partial charge in [-0.1, -0.05) is 12.1 Å². The van der Waals surface area contributed by atoms with Crippen molar-refractivity contribution in [2.24, 2.45) is 5.73 Å². The monoisotopic (exact) mass is 291 g/mol. The Morgan fingerprint density at radius 2 is 1.90 bits per heavy atom. The van der Waals surface area contributed by atoms with Crippen LogP contribution in [0.2, 0.25) is 0 Å². The second kappa shape index (κ2) is 7.25. The molecule has 1 saturated heterocycles. The van der Waals surface area contributed by atoms with Gasteiger partial charge in [-0.3, -0.25) is 4.90 Å². The molecule has 4 heteroatoms. The van der Waals surface area contributed by atoms with Crippen molar-refractivity contribution in [2.45, 2.75) is 39.0 Å². The lowest BCUT2D eigenvalue weighted by Crippen LogP contribution is -2.51. The molecule has 0 saturated carbocycles. The fraction of sp³-hybridized carbons (Fsp3) is 0.647. The van der Waals surface area contributed by atoms with Gasteiger partial charge in [-0.15, -0.1) is 0 Å². The molecule has 1 fully saturated rings. The van der Waals surface area contributed by atoms with Crippen molar-refractivity contribution in [3.63, 3.8) is 0 Å². The van der Waals surface area contributed by atoms with E-state index in [2.05, 4.69) is 35.9 Å². The van der Waals surface area contributed by atoms with Gasteiger partial charge in [0.1, 0.15) is 5.75 Å². The van der Waals surface area contributed by atoms with Gasteiger partial charge in [-0.05, 0) is 45.5 Å². The van der Waals surface area contributed by atoms with Gasteiger partial charge in [0.05, 0.1) is 6.10 Å². The summed E-state index contributed by atoms with van der Waals surface area (Å²) in [6.45, 7) is 10.6. The van der Waals surface area contributed by atoms with Crippen molar-refractivity contribution in [1.29, 1.82) is 0 Å². The highest BCUT2D eigenvalue weighted by atomic mass is 16.5. The van der Waals surface area contributed by atoms with Crippen molar-refractivity contribution >= 4 is 0 Å². The number of hydrogen-bond donors (Lipinski definition) is 1. The first kappa shape index (κ1) is 16.3. The van der Waals surface area contributed by atoms with Crippen LogP contribution in [0.4, 0.5) is 0 Å². The van der Waals surface area contributed by atoms with Crippen molar-refractivity contribution in [3.05, 3.63) is 29.8 Å². The van der Waals surface area contributed by atoms with Gasteiger partial charge in [0, 0.05) is 38.3 Å². The molecule has 118 valence electrons. The van der Waals surface area contributed by atoms with Crippen LogP contribution in [-0.4, -0.2) is 55.2 Å². The second-order valence-electron chi connectivity index (χ2n) is 6.43. The Bertz CT molecular complexity index is 432. The molecule has 1 aromatic carbocycles. The number of benzene rings is 1. The molecule has 0 bridgehead atoms. The Morgan fingerprint density at radius 1 is 1.24 bits per heavy atom. The van der Waals surface area contributed by atoms with Crippen LogP contribution in [0, 0.1) is 0 Å². The Balaban J connectivity index is 1.89. The molecule has 0 spiro atoms. The third kappa shape index (κ3) is 4.70. The molecule has 1 heterocycles. The summed E-state index contributed by atoms with van der Waals surface area (Å²) in [5.41, 5.74) is 7.54. The van der Waals surface area contributed by atoms with E-state index < -0.39 is 0 Å². The number of nitrogens with zero attached hydrogens (tertiary/aromatic N) is 2. The highest BCUT2D eigenvalue weighted by Gasteiger charge is 2.22. The normalized spacial score (nSPS) is 22.5. The van der Waals surface area contributed by atoms with E-state index in [0.29, 0.717) is 6.04 Å². The summed E-state index contributed by atoms with van der Waals surface area (Å²) in [4.78, 5) is 4.87. The molecule has 1 aliphatic rings. The Morgan fingerprint density at radius 3 is 2.48 bits per heavy atom. The van der Waals surface area contributed by atoms with E-state index in [9.17, 15) is 0 Å². The summed E-state index contributed by atoms with van der Waals surface area (Å²) in [5, 5.41) is 0. The lowest BCUT2D eigenvalue weighted by Gasteiger charge is -2.38. The van der Waals surface area contributed by atoms with E-state index in [0.717, 1.165) is 31.9 Å². The summed E-state index contributed by atoms with van der Waals surface area (Å²) in [6, 6.07) is 8.87. The number of likely N-dealkylation sites (N-methyl/N-ethyl adjacent to an activating group) is 1. The number of nitrogens with two attached hydrogens (primary N) is 1. The zero-order valence-electron chi connectivity index (χ0n) is 13.7. The van der Waals surface area contributed by atoms with Gasteiger partial charge in [-0.2, -0.15) is 0 Å². The first-order chi connectivity index (χ1) is 9.95. The third-order valence-electron chi connectivity index (χ3n) is 4.18. The molecular weight excluding hydrogens is 262 g/mol. The van der Waals surface area contributed by atoms with Crippen LogP contribution in [-0.2, 0) is 0 Å². The van der Waals surface area contributed by atoms with E-state index in [1.165, 1.54) is 5.56 Å². The molecule has 4 nitrogen and oxygen atoms in total. The van der Waals surface area contributed by atoms with Gasteiger partial charge < -0.3 is 15.4 Å². The molecule has 2 N–H and O–H groups in total. The van der Waals surface area contributed by atoms with Gasteiger partial charge in [0.2, 0.25) is 0 Å². The van der Waals surface area contributed by atoms with E-state index in [1.807, 2.05) is 26.0 Å². The van der Waals surface area contributed by atoms with Gasteiger partial charge in [0.15, 0.2) is 0 Å². The lowest BCUT2D eigenvalue weighted by atomic mass is 10.1. The molecule has 2 rings (SSSR count). The Labute approximate surface area is 128 Å². The van der Waals surface area contributed by atoms with Gasteiger partial charge in [-0.25, -0.2) is 0 Å². The van der Waals surface area contributed by atoms with E-state index in [-0.39, 0.29) is 12.1 Å². The minimum atomic E-state index is 0.0636. The average Bonchev–Trinajstić information content (AvgIpc) is 2.43. The summed E-state index contributed by atoms with van der Waals surface area (Å²) >= 11 is 0. The maximum atomic E-state index is 6.36. The quantitative estimate of drug-likeness (QED) is 0.902. The van der Waals surface area contributed by atoms with Crippen molar-refractivity contribution in [1.82, 2.24) is 9.80 Å². The number of ether oxygens (including phenoxy) is 1. The minimum absolute atomic E-state index is 0.0636. The average molecular weight is 291 g/mol. The first-order valence-corrected chi connectivity index (χ1v) is 7.90. The highest BCUT2D eigenvalue weighted by molar-refractivity contribution is 5.29. The maximum Gasteiger partial charge on any atom is 0.119 e.